The highest BCUT2D eigenvalue weighted by atomic mass is 35.5. The van der Waals surface area contributed by atoms with Gasteiger partial charge in [-0.2, -0.15) is 0 Å². The number of hydrogen-bond donors (Lipinski definition) is 1. The maximum Gasteiger partial charge on any atom is 0.112 e. The minimum atomic E-state index is -1.25. The van der Waals surface area contributed by atoms with Crippen LogP contribution in [-0.2, 0) is 0 Å². The van der Waals surface area contributed by atoms with Gasteiger partial charge >= 0.3 is 0 Å². The van der Waals surface area contributed by atoms with Crippen molar-refractivity contribution in [3.8, 4) is 0 Å². The number of carbonyl (C=O) groups excluding carboxylic acids is 1. The Balaban J connectivity index is 0.000000336. The molecule has 1 rings (SSSR count). The Bertz CT molecular complexity index is 306. The highest BCUT2D eigenvalue weighted by molar-refractivity contribution is 7.18. The fourth-order valence-electron chi connectivity index (χ4n) is 0.447. The number of thiophene rings is 1. The van der Waals surface area contributed by atoms with E-state index in [4.69, 9.17) is 23.2 Å². The number of carboxylic acids is 1. The van der Waals surface area contributed by atoms with Crippen molar-refractivity contribution in [2.24, 2.45) is 0 Å². The number of halogens is 2. The molecule has 1 aromatic heterocycles. The lowest BCUT2D eigenvalue weighted by molar-refractivity contribution is -0.414. The topological polar surface area (TPSA) is 67.8 Å². The van der Waals surface area contributed by atoms with Crippen molar-refractivity contribution in [2.75, 3.05) is 0 Å². The van der Waals surface area contributed by atoms with E-state index in [-0.39, 0.29) is 14.2 Å². The zero-order chi connectivity index (χ0) is 12.0. The molecule has 0 aliphatic heterocycles. The molecule has 0 amide bonds. The van der Waals surface area contributed by atoms with E-state index in [0.29, 0.717) is 6.04 Å². The van der Waals surface area contributed by atoms with Crippen LogP contribution in [0.3, 0.4) is 0 Å². The number of aromatic carboxylic acids is 1. The Morgan fingerprint density at radius 3 is 2.27 bits per heavy atom. The van der Waals surface area contributed by atoms with Crippen LogP contribution < -0.4 is 10.8 Å². The second-order valence-corrected chi connectivity index (χ2v) is 5.09. The summed E-state index contributed by atoms with van der Waals surface area (Å²) in [6.07, 6.45) is 1.19. The fraction of sp³-hybridized carbons (Fsp3) is 0.444. The fourth-order valence-corrected chi connectivity index (χ4v) is 1.65. The van der Waals surface area contributed by atoms with Crippen molar-refractivity contribution in [1.82, 2.24) is 0 Å². The predicted molar refractivity (Wildman–Crippen MR) is 61.3 cm³/mol. The highest BCUT2D eigenvalue weighted by Crippen LogP contribution is 2.30. The largest absolute Gasteiger partial charge is 0.544 e. The SMILES string of the molecule is CCC(C)[NH3+].O=C([O-])c1cc(Cl)c(Cl)s1. The third-order valence-electron chi connectivity index (χ3n) is 1.54. The molecule has 1 heterocycles. The Hall–Kier alpha value is -0.290. The van der Waals surface area contributed by atoms with E-state index in [2.05, 4.69) is 19.6 Å². The van der Waals surface area contributed by atoms with E-state index in [0.717, 1.165) is 11.3 Å². The van der Waals surface area contributed by atoms with E-state index in [1.165, 1.54) is 12.5 Å². The lowest BCUT2D eigenvalue weighted by Gasteiger charge is -1.91. The Morgan fingerprint density at radius 1 is 1.67 bits per heavy atom. The van der Waals surface area contributed by atoms with E-state index in [9.17, 15) is 9.90 Å². The van der Waals surface area contributed by atoms with Crippen LogP contribution in [0.2, 0.25) is 9.36 Å². The Morgan fingerprint density at radius 2 is 2.13 bits per heavy atom. The van der Waals surface area contributed by atoms with Gasteiger partial charge in [0.25, 0.3) is 0 Å². The van der Waals surface area contributed by atoms with Crippen LogP contribution in [0, 0.1) is 0 Å². The summed E-state index contributed by atoms with van der Waals surface area (Å²) in [5.74, 6) is -1.25. The summed E-state index contributed by atoms with van der Waals surface area (Å²) in [6.45, 7) is 4.25. The smallest absolute Gasteiger partial charge is 0.112 e. The second kappa shape index (κ2) is 7.06. The average molecular weight is 270 g/mol. The molecular weight excluding hydrogens is 257 g/mol. The van der Waals surface area contributed by atoms with Crippen molar-refractivity contribution in [1.29, 1.82) is 0 Å². The van der Waals surface area contributed by atoms with Gasteiger partial charge in [-0.25, -0.2) is 0 Å². The van der Waals surface area contributed by atoms with Gasteiger partial charge in [-0.1, -0.05) is 30.1 Å². The van der Waals surface area contributed by atoms with Crippen LogP contribution in [0.25, 0.3) is 0 Å². The van der Waals surface area contributed by atoms with Gasteiger partial charge in [-0.3, -0.25) is 0 Å². The van der Waals surface area contributed by atoms with E-state index >= 15 is 0 Å². The highest BCUT2D eigenvalue weighted by Gasteiger charge is 2.04. The molecule has 0 bridgehead atoms. The molecule has 1 atom stereocenters. The van der Waals surface area contributed by atoms with Crippen molar-refractivity contribution in [3.63, 3.8) is 0 Å². The maximum atomic E-state index is 10.1. The second-order valence-electron chi connectivity index (χ2n) is 3.03. The van der Waals surface area contributed by atoms with Crippen LogP contribution in [0.1, 0.15) is 29.9 Å². The van der Waals surface area contributed by atoms with E-state index in [1.54, 1.807) is 0 Å². The molecule has 0 saturated carbocycles. The maximum absolute atomic E-state index is 10.1. The van der Waals surface area contributed by atoms with Gasteiger partial charge in [-0.15, -0.1) is 11.3 Å². The molecular formula is C9H13Cl2NO2S. The summed E-state index contributed by atoms with van der Waals surface area (Å²) in [7, 11) is 0. The van der Waals surface area contributed by atoms with Gasteiger partial charge in [0.2, 0.25) is 0 Å². The monoisotopic (exact) mass is 269 g/mol. The first-order valence-corrected chi connectivity index (χ1v) is 5.95. The van der Waals surface area contributed by atoms with Crippen LogP contribution in [0.15, 0.2) is 6.07 Å². The van der Waals surface area contributed by atoms with Gasteiger partial charge in [0, 0.05) is 0 Å². The number of hydrogen-bond acceptors (Lipinski definition) is 3. The summed E-state index contributed by atoms with van der Waals surface area (Å²) >= 11 is 11.8. The molecule has 3 nitrogen and oxygen atoms in total. The normalized spacial score (nSPS) is 11.5. The van der Waals surface area contributed by atoms with Crippen LogP contribution in [0.5, 0.6) is 0 Å². The minimum Gasteiger partial charge on any atom is -0.544 e. The van der Waals surface area contributed by atoms with Crippen molar-refractivity contribution in [3.05, 3.63) is 20.3 Å². The molecule has 1 aromatic rings. The van der Waals surface area contributed by atoms with Crippen molar-refractivity contribution < 1.29 is 15.6 Å². The summed E-state index contributed by atoms with van der Waals surface area (Å²) in [6, 6.07) is 1.90. The van der Waals surface area contributed by atoms with Crippen molar-refractivity contribution in [2.45, 2.75) is 26.3 Å². The molecule has 6 heteroatoms. The number of rotatable bonds is 2. The molecule has 1 unspecified atom stereocenters. The van der Waals surface area contributed by atoms with Gasteiger partial charge in [0.1, 0.15) is 4.34 Å². The van der Waals surface area contributed by atoms with Gasteiger partial charge < -0.3 is 15.6 Å². The summed E-state index contributed by atoms with van der Waals surface area (Å²) in [4.78, 5) is 10.2. The van der Waals surface area contributed by atoms with Crippen molar-refractivity contribution >= 4 is 40.5 Å². The molecule has 86 valence electrons. The van der Waals surface area contributed by atoms with E-state index < -0.39 is 5.97 Å². The quantitative estimate of drug-likeness (QED) is 0.883. The summed E-state index contributed by atoms with van der Waals surface area (Å²) in [5, 5.41) is 10.4. The Kier molecular flexibility index (Phi) is 6.92. The van der Waals surface area contributed by atoms with Gasteiger partial charge in [0.05, 0.1) is 21.9 Å². The molecule has 0 saturated heterocycles. The van der Waals surface area contributed by atoms with Crippen LogP contribution in [-0.4, -0.2) is 12.0 Å². The molecule has 0 aliphatic carbocycles. The first-order valence-electron chi connectivity index (χ1n) is 4.37. The van der Waals surface area contributed by atoms with Crippen LogP contribution in [0.4, 0.5) is 0 Å². The number of quaternary nitrogens is 1. The average Bonchev–Trinajstić information content (AvgIpc) is 2.48. The lowest BCUT2D eigenvalue weighted by Crippen LogP contribution is -2.58. The Labute approximate surface area is 103 Å². The first-order chi connectivity index (χ1) is 6.88. The molecule has 15 heavy (non-hydrogen) atoms. The minimum absolute atomic E-state index is 0.0509. The lowest BCUT2D eigenvalue weighted by atomic mass is 10.3. The zero-order valence-electron chi connectivity index (χ0n) is 8.55. The van der Waals surface area contributed by atoms with E-state index in [1.807, 2.05) is 0 Å². The number of carbonyl (C=O) groups is 1. The number of carboxylic acid groups (broad SMARTS) is 1. The van der Waals surface area contributed by atoms with Gasteiger partial charge in [-0.05, 0) is 19.4 Å². The first kappa shape index (κ1) is 14.7. The molecule has 3 N–H and O–H groups in total. The molecule has 0 aromatic carbocycles. The molecule has 0 aliphatic rings. The molecule has 0 spiro atoms. The predicted octanol–water partition coefficient (Wildman–Crippen LogP) is 1.45. The van der Waals surface area contributed by atoms with Crippen LogP contribution >= 0.6 is 34.5 Å². The third kappa shape index (κ3) is 5.99. The third-order valence-corrected chi connectivity index (χ3v) is 3.39. The molecule has 0 radical (unpaired) electrons. The summed E-state index contributed by atoms with van der Waals surface area (Å²) in [5.41, 5.74) is 3.76. The zero-order valence-corrected chi connectivity index (χ0v) is 10.9. The summed E-state index contributed by atoms with van der Waals surface area (Å²) < 4.78 is 0.279. The standard InChI is InChI=1S/C5H2Cl2O2S.C4H11N/c6-2-1-3(5(8)9)10-4(2)7;1-3-4(2)5/h1H,(H,8,9);4H,3,5H2,1-2H3. The van der Waals surface area contributed by atoms with Gasteiger partial charge in [0.15, 0.2) is 0 Å². The molecule has 0 fully saturated rings.